The predicted molar refractivity (Wildman–Crippen MR) is 201 cm³/mol. The molecule has 4 heteroatoms. The monoisotopic (exact) mass is 626 g/mol. The molecule has 0 saturated heterocycles. The number of hydrogen-bond acceptors (Lipinski definition) is 4. The van der Waals surface area contributed by atoms with E-state index in [4.69, 9.17) is 9.97 Å². The van der Waals surface area contributed by atoms with Crippen molar-refractivity contribution in [2.75, 3.05) is 4.90 Å². The first-order valence-electron chi connectivity index (χ1n) is 16.2. The maximum atomic E-state index is 9.48. The van der Waals surface area contributed by atoms with Crippen molar-refractivity contribution in [1.82, 2.24) is 9.97 Å². The smallest absolute Gasteiger partial charge is 0.0991 e. The van der Waals surface area contributed by atoms with Crippen LogP contribution in [0.3, 0.4) is 0 Å². The SMILES string of the molecule is N#Cc1ccc(-c2nc(-c3ccc4ccccc4c3)c(-c3ccc(N(c4ccccc4)c4ccccc4)cc3)nc2-c2ccccc2)cc1. The largest absolute Gasteiger partial charge is 0.311 e. The molecule has 0 bridgehead atoms. The minimum absolute atomic E-state index is 0.601. The van der Waals surface area contributed by atoms with E-state index in [1.54, 1.807) is 0 Å². The van der Waals surface area contributed by atoms with E-state index >= 15 is 0 Å². The van der Waals surface area contributed by atoms with Crippen LogP contribution in [0.25, 0.3) is 55.8 Å². The molecule has 0 aliphatic heterocycles. The fraction of sp³-hybridized carbons (Fsp3) is 0. The zero-order chi connectivity index (χ0) is 33.0. The second-order valence-electron chi connectivity index (χ2n) is 11.8. The fourth-order valence-corrected chi connectivity index (χ4v) is 6.25. The Hall–Kier alpha value is -6.83. The normalized spacial score (nSPS) is 10.8. The summed E-state index contributed by atoms with van der Waals surface area (Å²) in [7, 11) is 0. The summed E-state index contributed by atoms with van der Waals surface area (Å²) in [5.41, 5.74) is 10.7. The summed E-state index contributed by atoms with van der Waals surface area (Å²) >= 11 is 0. The highest BCUT2D eigenvalue weighted by atomic mass is 15.1. The van der Waals surface area contributed by atoms with Crippen LogP contribution in [0.1, 0.15) is 5.56 Å². The van der Waals surface area contributed by atoms with E-state index in [1.807, 2.05) is 54.6 Å². The lowest BCUT2D eigenvalue weighted by Crippen LogP contribution is -2.09. The van der Waals surface area contributed by atoms with Gasteiger partial charge in [-0.2, -0.15) is 5.26 Å². The lowest BCUT2D eigenvalue weighted by molar-refractivity contribution is 1.21. The second kappa shape index (κ2) is 13.1. The Morgan fingerprint density at radius 1 is 0.367 bits per heavy atom. The van der Waals surface area contributed by atoms with Crippen LogP contribution < -0.4 is 4.90 Å². The average Bonchev–Trinajstić information content (AvgIpc) is 3.19. The quantitative estimate of drug-likeness (QED) is 0.177. The molecule has 0 aliphatic carbocycles. The van der Waals surface area contributed by atoms with E-state index in [9.17, 15) is 5.26 Å². The summed E-state index contributed by atoms with van der Waals surface area (Å²) in [4.78, 5) is 13.1. The summed E-state index contributed by atoms with van der Waals surface area (Å²) in [5, 5.41) is 11.8. The van der Waals surface area contributed by atoms with Crippen LogP contribution in [0, 0.1) is 11.3 Å². The molecule has 1 aromatic heterocycles. The minimum Gasteiger partial charge on any atom is -0.311 e. The second-order valence-corrected chi connectivity index (χ2v) is 11.8. The van der Waals surface area contributed by atoms with Gasteiger partial charge in [-0.25, -0.2) is 9.97 Å². The van der Waals surface area contributed by atoms with E-state index in [0.717, 1.165) is 67.5 Å². The highest BCUT2D eigenvalue weighted by molar-refractivity contribution is 5.92. The number of hydrogen-bond donors (Lipinski definition) is 0. The average molecular weight is 627 g/mol. The van der Waals surface area contributed by atoms with Crippen LogP contribution >= 0.6 is 0 Å². The summed E-state index contributed by atoms with van der Waals surface area (Å²) in [6.07, 6.45) is 0. The number of para-hydroxylation sites is 2. The molecule has 49 heavy (non-hydrogen) atoms. The van der Waals surface area contributed by atoms with Crippen molar-refractivity contribution in [2.45, 2.75) is 0 Å². The van der Waals surface area contributed by atoms with Crippen molar-refractivity contribution in [3.8, 4) is 51.1 Å². The molecule has 1 heterocycles. The number of fused-ring (bicyclic) bond motifs is 1. The van der Waals surface area contributed by atoms with Gasteiger partial charge in [0.15, 0.2) is 0 Å². The summed E-state index contributed by atoms with van der Waals surface area (Å²) in [6.45, 7) is 0. The molecule has 4 nitrogen and oxygen atoms in total. The predicted octanol–water partition coefficient (Wildman–Crippen LogP) is 11.6. The van der Waals surface area contributed by atoms with Crippen LogP contribution in [-0.2, 0) is 0 Å². The lowest BCUT2D eigenvalue weighted by atomic mass is 9.97. The van der Waals surface area contributed by atoms with Crippen molar-refractivity contribution in [3.63, 3.8) is 0 Å². The standard InChI is InChI=1S/C45H30N4/c46-31-32-20-22-35(23-21-32)43-42(34-13-4-1-5-14-34)47-44(45(48-43)38-25-24-33-12-10-11-15-37(33)30-38)36-26-28-41(29-27-36)49(39-16-6-2-7-17-39)40-18-8-3-9-19-40/h1-30H. The van der Waals surface area contributed by atoms with Gasteiger partial charge in [0, 0.05) is 39.3 Å². The van der Waals surface area contributed by atoms with Crippen molar-refractivity contribution < 1.29 is 0 Å². The molecule has 230 valence electrons. The molecule has 0 amide bonds. The molecular formula is C45H30N4. The van der Waals surface area contributed by atoms with Gasteiger partial charge in [-0.3, -0.25) is 0 Å². The van der Waals surface area contributed by atoms with E-state index in [2.05, 4.69) is 138 Å². The zero-order valence-corrected chi connectivity index (χ0v) is 26.6. The Balaban J connectivity index is 1.34. The number of benzene rings is 7. The first kappa shape index (κ1) is 29.6. The van der Waals surface area contributed by atoms with Crippen LogP contribution in [0.4, 0.5) is 17.1 Å². The third kappa shape index (κ3) is 5.93. The van der Waals surface area contributed by atoms with Gasteiger partial charge in [-0.1, -0.05) is 127 Å². The van der Waals surface area contributed by atoms with Gasteiger partial charge in [0.1, 0.15) is 0 Å². The lowest BCUT2D eigenvalue weighted by Gasteiger charge is -2.25. The Morgan fingerprint density at radius 3 is 1.33 bits per heavy atom. The van der Waals surface area contributed by atoms with Gasteiger partial charge in [-0.05, 0) is 65.4 Å². The maximum Gasteiger partial charge on any atom is 0.0991 e. The number of aromatic nitrogens is 2. The van der Waals surface area contributed by atoms with Gasteiger partial charge in [0.05, 0.1) is 34.4 Å². The van der Waals surface area contributed by atoms with Gasteiger partial charge in [-0.15, -0.1) is 0 Å². The molecule has 0 fully saturated rings. The van der Waals surface area contributed by atoms with Gasteiger partial charge < -0.3 is 4.90 Å². The summed E-state index contributed by atoms with van der Waals surface area (Å²) in [6, 6.07) is 64.2. The molecule has 8 aromatic rings. The topological polar surface area (TPSA) is 52.8 Å². The third-order valence-electron chi connectivity index (χ3n) is 8.68. The molecular weight excluding hydrogens is 597 g/mol. The molecule has 0 aliphatic rings. The summed E-state index contributed by atoms with van der Waals surface area (Å²) in [5.74, 6) is 0. The van der Waals surface area contributed by atoms with Crippen LogP contribution in [0.2, 0.25) is 0 Å². The van der Waals surface area contributed by atoms with Crippen LogP contribution in [-0.4, -0.2) is 9.97 Å². The number of nitrogens with zero attached hydrogens (tertiary/aromatic N) is 4. The van der Waals surface area contributed by atoms with Crippen molar-refractivity contribution in [3.05, 3.63) is 188 Å². The Kier molecular flexibility index (Phi) is 7.91. The van der Waals surface area contributed by atoms with E-state index in [-0.39, 0.29) is 0 Å². The maximum absolute atomic E-state index is 9.48. The Morgan fingerprint density at radius 2 is 0.776 bits per heavy atom. The van der Waals surface area contributed by atoms with Crippen LogP contribution in [0.15, 0.2) is 182 Å². The highest BCUT2D eigenvalue weighted by Gasteiger charge is 2.20. The van der Waals surface area contributed by atoms with Gasteiger partial charge >= 0.3 is 0 Å². The van der Waals surface area contributed by atoms with Crippen LogP contribution in [0.5, 0.6) is 0 Å². The molecule has 0 N–H and O–H groups in total. The number of nitriles is 1. The fourth-order valence-electron chi connectivity index (χ4n) is 6.25. The van der Waals surface area contributed by atoms with Crippen molar-refractivity contribution >= 4 is 27.8 Å². The van der Waals surface area contributed by atoms with Gasteiger partial charge in [0.25, 0.3) is 0 Å². The van der Waals surface area contributed by atoms with Crippen molar-refractivity contribution in [1.29, 1.82) is 5.26 Å². The number of anilines is 3. The Bertz CT molecular complexity index is 2380. The van der Waals surface area contributed by atoms with E-state index < -0.39 is 0 Å². The molecule has 0 atom stereocenters. The molecule has 0 spiro atoms. The number of rotatable bonds is 7. The molecule has 8 rings (SSSR count). The van der Waals surface area contributed by atoms with E-state index in [1.165, 1.54) is 5.39 Å². The summed E-state index contributed by atoms with van der Waals surface area (Å²) < 4.78 is 0. The zero-order valence-electron chi connectivity index (χ0n) is 26.6. The molecule has 0 saturated carbocycles. The minimum atomic E-state index is 0.601. The highest BCUT2D eigenvalue weighted by Crippen LogP contribution is 2.40. The molecule has 0 unspecified atom stereocenters. The molecule has 0 radical (unpaired) electrons. The first-order chi connectivity index (χ1) is 24.2. The van der Waals surface area contributed by atoms with E-state index in [0.29, 0.717) is 5.56 Å². The van der Waals surface area contributed by atoms with Crippen molar-refractivity contribution in [2.24, 2.45) is 0 Å². The molecule has 7 aromatic carbocycles. The first-order valence-corrected chi connectivity index (χ1v) is 16.2. The van der Waals surface area contributed by atoms with Gasteiger partial charge in [0.2, 0.25) is 0 Å². The Labute approximate surface area is 285 Å². The third-order valence-corrected chi connectivity index (χ3v) is 8.68.